The molecule has 0 fully saturated rings. The Bertz CT molecular complexity index is 1280. The summed E-state index contributed by atoms with van der Waals surface area (Å²) in [5.41, 5.74) is 3.71. The second-order valence-electron chi connectivity index (χ2n) is 6.59. The molecule has 0 aliphatic rings. The largest absolute Gasteiger partial charge is 0.395 e. The van der Waals surface area contributed by atoms with Gasteiger partial charge in [-0.1, -0.05) is 23.4 Å². The van der Waals surface area contributed by atoms with Gasteiger partial charge in [0.15, 0.2) is 11.2 Å². The van der Waals surface area contributed by atoms with Crippen LogP contribution in [0.4, 0.5) is 11.6 Å². The van der Waals surface area contributed by atoms with Crippen molar-refractivity contribution in [2.24, 2.45) is 0 Å². The van der Waals surface area contributed by atoms with E-state index in [2.05, 4.69) is 37.0 Å². The van der Waals surface area contributed by atoms with Gasteiger partial charge >= 0.3 is 0 Å². The Balaban J connectivity index is 1.62. The Morgan fingerprint density at radius 3 is 2.90 bits per heavy atom. The van der Waals surface area contributed by atoms with E-state index in [-0.39, 0.29) is 19.1 Å². The van der Waals surface area contributed by atoms with E-state index in [1.165, 1.54) is 0 Å². The number of aliphatic hydroxyl groups is 1. The zero-order valence-electron chi connectivity index (χ0n) is 16.4. The summed E-state index contributed by atoms with van der Waals surface area (Å²) in [6, 6.07) is 16.4. The number of nitrogens with one attached hydrogen (secondary N) is 2. The molecule has 2 aromatic heterocycles. The summed E-state index contributed by atoms with van der Waals surface area (Å²) in [5.74, 6) is 0.0331. The third-order valence-corrected chi connectivity index (χ3v) is 4.41. The van der Waals surface area contributed by atoms with Crippen LogP contribution in [0.1, 0.15) is 15.9 Å². The first-order valence-electron chi connectivity index (χ1n) is 9.49. The number of aliphatic hydroxyl groups excluding tert-OH is 1. The number of nitriles is 1. The molecule has 0 atom stereocenters. The van der Waals surface area contributed by atoms with Crippen molar-refractivity contribution in [1.82, 2.24) is 30.3 Å². The molecule has 0 radical (unpaired) electrons. The molecule has 0 saturated heterocycles. The van der Waals surface area contributed by atoms with Crippen molar-refractivity contribution < 1.29 is 9.90 Å². The van der Waals surface area contributed by atoms with Gasteiger partial charge in [0.1, 0.15) is 0 Å². The number of hydrogen-bond acceptors (Lipinski definition) is 8. The van der Waals surface area contributed by atoms with E-state index in [9.17, 15) is 4.79 Å². The molecule has 0 saturated carbocycles. The lowest BCUT2D eigenvalue weighted by Gasteiger charge is -2.08. The average molecular weight is 414 g/mol. The first kappa shape index (κ1) is 19.9. The summed E-state index contributed by atoms with van der Waals surface area (Å²) in [6.07, 6.45) is 1.86. The van der Waals surface area contributed by atoms with Crippen LogP contribution in [-0.4, -0.2) is 49.1 Å². The normalized spacial score (nSPS) is 10.6. The first-order chi connectivity index (χ1) is 15.2. The van der Waals surface area contributed by atoms with E-state index < -0.39 is 0 Å². The molecule has 0 bridgehead atoms. The molecule has 4 aromatic rings. The van der Waals surface area contributed by atoms with Crippen LogP contribution < -0.4 is 10.6 Å². The number of carbonyl (C=O) groups is 1. The van der Waals surface area contributed by atoms with E-state index in [0.717, 1.165) is 11.3 Å². The number of benzene rings is 2. The van der Waals surface area contributed by atoms with Crippen molar-refractivity contribution in [2.45, 2.75) is 6.42 Å². The predicted molar refractivity (Wildman–Crippen MR) is 113 cm³/mol. The molecular formula is C21H18N8O2. The van der Waals surface area contributed by atoms with E-state index in [1.807, 2.05) is 24.3 Å². The lowest BCUT2D eigenvalue weighted by Crippen LogP contribution is -2.26. The van der Waals surface area contributed by atoms with Crippen LogP contribution in [0.25, 0.3) is 16.9 Å². The molecule has 0 aliphatic carbocycles. The third kappa shape index (κ3) is 4.47. The fourth-order valence-electron chi connectivity index (χ4n) is 2.99. The quantitative estimate of drug-likeness (QED) is 0.415. The van der Waals surface area contributed by atoms with Crippen molar-refractivity contribution in [3.63, 3.8) is 0 Å². The van der Waals surface area contributed by atoms with E-state index in [0.29, 0.717) is 34.8 Å². The Kier molecular flexibility index (Phi) is 5.77. The number of aromatic nitrogens is 5. The SMILES string of the molecule is N#CCc1cccc(-n2nnc3cnc(Nc4cccc(C(=O)NCCO)c4)nc32)c1. The minimum absolute atomic E-state index is 0.126. The zero-order valence-corrected chi connectivity index (χ0v) is 16.4. The Morgan fingerprint density at radius 2 is 2.06 bits per heavy atom. The van der Waals surface area contributed by atoms with Gasteiger partial charge in [0.05, 0.1) is 31.0 Å². The Morgan fingerprint density at radius 1 is 1.19 bits per heavy atom. The topological polar surface area (TPSA) is 142 Å². The minimum Gasteiger partial charge on any atom is -0.395 e. The van der Waals surface area contributed by atoms with Crippen LogP contribution in [0.2, 0.25) is 0 Å². The van der Waals surface area contributed by atoms with Crippen LogP contribution in [0.15, 0.2) is 54.7 Å². The molecule has 31 heavy (non-hydrogen) atoms. The summed E-state index contributed by atoms with van der Waals surface area (Å²) >= 11 is 0. The van der Waals surface area contributed by atoms with Crippen LogP contribution in [0.3, 0.4) is 0 Å². The molecule has 10 nitrogen and oxygen atoms in total. The number of nitrogens with zero attached hydrogens (tertiary/aromatic N) is 6. The summed E-state index contributed by atoms with van der Waals surface area (Å²) in [4.78, 5) is 20.9. The summed E-state index contributed by atoms with van der Waals surface area (Å²) < 4.78 is 1.59. The van der Waals surface area contributed by atoms with Gasteiger partial charge in [-0.05, 0) is 35.9 Å². The lowest BCUT2D eigenvalue weighted by molar-refractivity contribution is 0.0945. The minimum atomic E-state index is -0.284. The van der Waals surface area contributed by atoms with Gasteiger partial charge in [-0.25, -0.2) is 4.98 Å². The van der Waals surface area contributed by atoms with Gasteiger partial charge < -0.3 is 15.7 Å². The van der Waals surface area contributed by atoms with Crippen molar-refractivity contribution >= 4 is 28.7 Å². The Hall–Kier alpha value is -4.36. The highest BCUT2D eigenvalue weighted by atomic mass is 16.3. The maximum absolute atomic E-state index is 12.1. The zero-order chi connectivity index (χ0) is 21.6. The van der Waals surface area contributed by atoms with Crippen LogP contribution >= 0.6 is 0 Å². The number of amides is 1. The number of anilines is 2. The van der Waals surface area contributed by atoms with Crippen molar-refractivity contribution in [2.75, 3.05) is 18.5 Å². The van der Waals surface area contributed by atoms with Gasteiger partial charge in [0.25, 0.3) is 5.91 Å². The summed E-state index contributed by atoms with van der Waals surface area (Å²) in [6.45, 7) is 0.0570. The molecule has 3 N–H and O–H groups in total. The van der Waals surface area contributed by atoms with E-state index >= 15 is 0 Å². The van der Waals surface area contributed by atoms with E-state index in [1.54, 1.807) is 35.1 Å². The van der Waals surface area contributed by atoms with Crippen LogP contribution in [0.5, 0.6) is 0 Å². The van der Waals surface area contributed by atoms with Crippen molar-refractivity contribution in [1.29, 1.82) is 5.26 Å². The maximum atomic E-state index is 12.1. The number of rotatable bonds is 7. The molecule has 2 heterocycles. The van der Waals surface area contributed by atoms with Crippen molar-refractivity contribution in [3.05, 3.63) is 65.9 Å². The fraction of sp³-hybridized carbons (Fsp3) is 0.143. The Labute approximate surface area is 177 Å². The molecule has 1 amide bonds. The van der Waals surface area contributed by atoms with Crippen LogP contribution in [0, 0.1) is 11.3 Å². The third-order valence-electron chi connectivity index (χ3n) is 4.41. The molecule has 4 rings (SSSR count). The summed E-state index contributed by atoms with van der Waals surface area (Å²) in [5, 5.41) is 31.8. The molecule has 0 spiro atoms. The standard InChI is InChI=1S/C21H18N8O2/c22-8-7-14-3-1-6-17(11-14)29-19-18(27-28-29)13-24-21(26-19)25-16-5-2-4-15(12-16)20(31)23-9-10-30/h1-6,11-13,30H,7,9-10H2,(H,23,31)(H,24,25,26). The molecular weight excluding hydrogens is 396 g/mol. The molecule has 0 unspecified atom stereocenters. The average Bonchev–Trinajstić information content (AvgIpc) is 3.21. The second kappa shape index (κ2) is 8.98. The fourth-order valence-corrected chi connectivity index (χ4v) is 2.99. The van der Waals surface area contributed by atoms with E-state index in [4.69, 9.17) is 10.4 Å². The highest BCUT2D eigenvalue weighted by molar-refractivity contribution is 5.95. The lowest BCUT2D eigenvalue weighted by atomic mass is 10.1. The van der Waals surface area contributed by atoms with Gasteiger partial charge in [-0.15, -0.1) is 5.10 Å². The van der Waals surface area contributed by atoms with Crippen molar-refractivity contribution in [3.8, 4) is 11.8 Å². The molecule has 0 aliphatic heterocycles. The van der Waals surface area contributed by atoms with Crippen LogP contribution in [-0.2, 0) is 6.42 Å². The van der Waals surface area contributed by atoms with Gasteiger partial charge in [0.2, 0.25) is 5.95 Å². The smallest absolute Gasteiger partial charge is 0.251 e. The monoisotopic (exact) mass is 414 g/mol. The van der Waals surface area contributed by atoms with Gasteiger partial charge in [0, 0.05) is 17.8 Å². The maximum Gasteiger partial charge on any atom is 0.251 e. The molecule has 154 valence electrons. The highest BCUT2D eigenvalue weighted by Crippen LogP contribution is 2.19. The van der Waals surface area contributed by atoms with Gasteiger partial charge in [-0.3, -0.25) is 4.79 Å². The number of fused-ring (bicyclic) bond motifs is 1. The summed E-state index contributed by atoms with van der Waals surface area (Å²) in [7, 11) is 0. The first-order valence-corrected chi connectivity index (χ1v) is 9.49. The highest BCUT2D eigenvalue weighted by Gasteiger charge is 2.12. The number of carbonyl (C=O) groups excluding carboxylic acids is 1. The molecule has 10 heteroatoms. The predicted octanol–water partition coefficient (Wildman–Crippen LogP) is 1.74. The number of hydrogen-bond donors (Lipinski definition) is 3. The second-order valence-corrected chi connectivity index (χ2v) is 6.59. The molecule has 2 aromatic carbocycles. The van der Waals surface area contributed by atoms with Gasteiger partial charge in [-0.2, -0.15) is 14.9 Å².